The average molecular weight is 284 g/mol. The van der Waals surface area contributed by atoms with Gasteiger partial charge in [0.1, 0.15) is 18.0 Å². The number of pyridine rings is 1. The standard InChI is InChI=1S/C15H20N6/c1-2-12-14(11-3-4-13(16)18-9-11)15(20-10-19-12)21-7-5-17-6-8-21/h3-4,9-10,17H,2,5-8H2,1H3,(H2,16,18). The number of rotatable bonds is 3. The number of anilines is 2. The molecule has 3 N–H and O–H groups in total. The summed E-state index contributed by atoms with van der Waals surface area (Å²) >= 11 is 0. The Bertz CT molecular complexity index is 604. The molecule has 6 heteroatoms. The van der Waals surface area contributed by atoms with E-state index in [9.17, 15) is 0 Å². The van der Waals surface area contributed by atoms with Crippen LogP contribution in [0.2, 0.25) is 0 Å². The van der Waals surface area contributed by atoms with Crippen LogP contribution in [-0.2, 0) is 6.42 Å². The third-order valence-electron chi connectivity index (χ3n) is 3.73. The first kappa shape index (κ1) is 13.8. The van der Waals surface area contributed by atoms with Crippen molar-refractivity contribution in [2.45, 2.75) is 13.3 Å². The molecule has 3 heterocycles. The molecule has 110 valence electrons. The molecule has 0 bridgehead atoms. The van der Waals surface area contributed by atoms with Gasteiger partial charge in [-0.05, 0) is 18.6 Å². The van der Waals surface area contributed by atoms with Crippen LogP contribution in [0.5, 0.6) is 0 Å². The van der Waals surface area contributed by atoms with Crippen LogP contribution in [0.25, 0.3) is 11.1 Å². The van der Waals surface area contributed by atoms with E-state index in [4.69, 9.17) is 5.73 Å². The van der Waals surface area contributed by atoms with E-state index in [0.29, 0.717) is 5.82 Å². The van der Waals surface area contributed by atoms with Gasteiger partial charge >= 0.3 is 0 Å². The van der Waals surface area contributed by atoms with Gasteiger partial charge < -0.3 is 16.0 Å². The van der Waals surface area contributed by atoms with E-state index in [1.54, 1.807) is 12.5 Å². The molecule has 0 aromatic carbocycles. The molecule has 2 aromatic rings. The molecule has 2 aromatic heterocycles. The molecule has 0 saturated carbocycles. The third kappa shape index (κ3) is 2.80. The lowest BCUT2D eigenvalue weighted by Gasteiger charge is -2.30. The average Bonchev–Trinajstić information content (AvgIpc) is 2.56. The molecule has 1 fully saturated rings. The van der Waals surface area contributed by atoms with Gasteiger partial charge in [-0.3, -0.25) is 0 Å². The van der Waals surface area contributed by atoms with Gasteiger partial charge in [0.2, 0.25) is 0 Å². The van der Waals surface area contributed by atoms with Crippen molar-refractivity contribution in [1.82, 2.24) is 20.3 Å². The summed E-state index contributed by atoms with van der Waals surface area (Å²) in [5, 5.41) is 3.37. The number of nitrogens with two attached hydrogens (primary N) is 1. The van der Waals surface area contributed by atoms with Gasteiger partial charge in [-0.15, -0.1) is 0 Å². The molecule has 0 radical (unpaired) electrons. The maximum absolute atomic E-state index is 5.70. The minimum Gasteiger partial charge on any atom is -0.384 e. The van der Waals surface area contributed by atoms with Crippen molar-refractivity contribution >= 4 is 11.6 Å². The maximum atomic E-state index is 5.70. The minimum atomic E-state index is 0.525. The van der Waals surface area contributed by atoms with Crippen molar-refractivity contribution in [2.24, 2.45) is 0 Å². The van der Waals surface area contributed by atoms with E-state index in [-0.39, 0.29) is 0 Å². The smallest absolute Gasteiger partial charge is 0.140 e. The summed E-state index contributed by atoms with van der Waals surface area (Å²) < 4.78 is 0. The highest BCUT2D eigenvalue weighted by Gasteiger charge is 2.19. The van der Waals surface area contributed by atoms with Crippen molar-refractivity contribution in [2.75, 3.05) is 36.8 Å². The number of aromatic nitrogens is 3. The van der Waals surface area contributed by atoms with Gasteiger partial charge in [0.15, 0.2) is 0 Å². The Kier molecular flexibility index (Phi) is 3.96. The fourth-order valence-electron chi connectivity index (χ4n) is 2.64. The predicted molar refractivity (Wildman–Crippen MR) is 84.1 cm³/mol. The molecular formula is C15H20N6. The molecule has 0 atom stereocenters. The fourth-order valence-corrected chi connectivity index (χ4v) is 2.64. The van der Waals surface area contributed by atoms with Crippen LogP contribution < -0.4 is 16.0 Å². The number of hydrogen-bond donors (Lipinski definition) is 2. The lowest BCUT2D eigenvalue weighted by molar-refractivity contribution is 0.584. The van der Waals surface area contributed by atoms with E-state index < -0.39 is 0 Å². The number of aryl methyl sites for hydroxylation is 1. The molecular weight excluding hydrogens is 264 g/mol. The number of nitrogens with one attached hydrogen (secondary N) is 1. The summed E-state index contributed by atoms with van der Waals surface area (Å²) in [5.41, 5.74) is 8.84. The largest absolute Gasteiger partial charge is 0.384 e. The van der Waals surface area contributed by atoms with Crippen LogP contribution in [0.4, 0.5) is 11.6 Å². The number of hydrogen-bond acceptors (Lipinski definition) is 6. The van der Waals surface area contributed by atoms with Gasteiger partial charge in [-0.1, -0.05) is 6.92 Å². The molecule has 3 rings (SSSR count). The topological polar surface area (TPSA) is 80.0 Å². The van der Waals surface area contributed by atoms with Crippen molar-refractivity contribution in [1.29, 1.82) is 0 Å². The first-order valence-corrected chi connectivity index (χ1v) is 7.31. The highest BCUT2D eigenvalue weighted by Crippen LogP contribution is 2.31. The summed E-state index contributed by atoms with van der Waals surface area (Å²) in [6, 6.07) is 3.81. The summed E-state index contributed by atoms with van der Waals surface area (Å²) in [6.07, 6.45) is 4.32. The maximum Gasteiger partial charge on any atom is 0.140 e. The van der Waals surface area contributed by atoms with Crippen molar-refractivity contribution in [3.05, 3.63) is 30.4 Å². The highest BCUT2D eigenvalue weighted by molar-refractivity contribution is 5.78. The monoisotopic (exact) mass is 284 g/mol. The van der Waals surface area contributed by atoms with Crippen LogP contribution in [0, 0.1) is 0 Å². The molecule has 0 unspecified atom stereocenters. The van der Waals surface area contributed by atoms with Crippen LogP contribution in [0.1, 0.15) is 12.6 Å². The number of piperazine rings is 1. The second kappa shape index (κ2) is 6.05. The summed E-state index contributed by atoms with van der Waals surface area (Å²) in [5.74, 6) is 1.52. The van der Waals surface area contributed by atoms with Gasteiger partial charge in [-0.2, -0.15) is 0 Å². The van der Waals surface area contributed by atoms with Gasteiger partial charge in [0, 0.05) is 43.5 Å². The zero-order valence-corrected chi connectivity index (χ0v) is 12.2. The number of nitrogens with zero attached hydrogens (tertiary/aromatic N) is 4. The van der Waals surface area contributed by atoms with Gasteiger partial charge in [0.25, 0.3) is 0 Å². The van der Waals surface area contributed by atoms with Crippen LogP contribution in [0.15, 0.2) is 24.7 Å². The van der Waals surface area contributed by atoms with E-state index >= 15 is 0 Å². The Morgan fingerprint density at radius 2 is 2.00 bits per heavy atom. The quantitative estimate of drug-likeness (QED) is 0.878. The van der Waals surface area contributed by atoms with E-state index in [1.165, 1.54) is 0 Å². The number of nitrogen functional groups attached to an aromatic ring is 1. The molecule has 6 nitrogen and oxygen atoms in total. The molecule has 1 aliphatic rings. The fraction of sp³-hybridized carbons (Fsp3) is 0.400. The van der Waals surface area contributed by atoms with Gasteiger partial charge in [-0.25, -0.2) is 15.0 Å². The molecule has 0 amide bonds. The second-order valence-electron chi connectivity index (χ2n) is 5.08. The summed E-state index contributed by atoms with van der Waals surface area (Å²) in [6.45, 7) is 5.97. The Morgan fingerprint density at radius 3 is 2.67 bits per heavy atom. The summed E-state index contributed by atoms with van der Waals surface area (Å²) in [4.78, 5) is 15.5. The zero-order valence-electron chi connectivity index (χ0n) is 12.2. The molecule has 1 aliphatic heterocycles. The third-order valence-corrected chi connectivity index (χ3v) is 3.73. The van der Waals surface area contributed by atoms with Crippen molar-refractivity contribution < 1.29 is 0 Å². The normalized spacial score (nSPS) is 15.2. The Balaban J connectivity index is 2.09. The molecule has 0 spiro atoms. The van der Waals surface area contributed by atoms with Crippen molar-refractivity contribution in [3.8, 4) is 11.1 Å². The van der Waals surface area contributed by atoms with Crippen LogP contribution in [-0.4, -0.2) is 41.1 Å². The SMILES string of the molecule is CCc1ncnc(N2CCNCC2)c1-c1ccc(N)nc1. The van der Waals surface area contributed by atoms with E-state index in [2.05, 4.69) is 32.1 Å². The summed E-state index contributed by atoms with van der Waals surface area (Å²) in [7, 11) is 0. The van der Waals surface area contributed by atoms with Crippen LogP contribution >= 0.6 is 0 Å². The van der Waals surface area contributed by atoms with E-state index in [1.807, 2.05) is 12.1 Å². The zero-order chi connectivity index (χ0) is 14.7. The van der Waals surface area contributed by atoms with Crippen molar-refractivity contribution in [3.63, 3.8) is 0 Å². The highest BCUT2D eigenvalue weighted by atomic mass is 15.2. The Labute approximate surface area is 124 Å². The lowest BCUT2D eigenvalue weighted by atomic mass is 10.0. The second-order valence-corrected chi connectivity index (χ2v) is 5.08. The molecule has 21 heavy (non-hydrogen) atoms. The molecule has 0 aliphatic carbocycles. The van der Waals surface area contributed by atoms with Gasteiger partial charge in [0.05, 0.1) is 5.69 Å². The van der Waals surface area contributed by atoms with Crippen LogP contribution in [0.3, 0.4) is 0 Å². The Morgan fingerprint density at radius 1 is 1.19 bits per heavy atom. The first-order valence-electron chi connectivity index (χ1n) is 7.31. The minimum absolute atomic E-state index is 0.525. The predicted octanol–water partition coefficient (Wildman–Crippen LogP) is 1.09. The molecule has 1 saturated heterocycles. The Hall–Kier alpha value is -2.21. The lowest BCUT2D eigenvalue weighted by Crippen LogP contribution is -2.44. The van der Waals surface area contributed by atoms with E-state index in [0.717, 1.165) is 55.2 Å². The first-order chi connectivity index (χ1) is 10.3.